The fourth-order valence-corrected chi connectivity index (χ4v) is 2.21. The van der Waals surface area contributed by atoms with Gasteiger partial charge in [-0.25, -0.2) is 0 Å². The molecule has 1 saturated heterocycles. The largest absolute Gasteiger partial charge is 0.379 e. The third kappa shape index (κ3) is 3.33. The van der Waals surface area contributed by atoms with Crippen molar-refractivity contribution in [2.75, 3.05) is 18.5 Å². The minimum absolute atomic E-state index is 0.0544. The van der Waals surface area contributed by atoms with Crippen LogP contribution in [0.5, 0.6) is 0 Å². The molecule has 1 aromatic rings. The van der Waals surface area contributed by atoms with Crippen LogP contribution in [0, 0.1) is 5.92 Å². The maximum Gasteiger partial charge on any atom is 0.231 e. The van der Waals surface area contributed by atoms with E-state index in [0.717, 1.165) is 12.1 Å². The number of nitrogens with one attached hydrogen (secondary N) is 1. The van der Waals surface area contributed by atoms with Crippen LogP contribution in [-0.2, 0) is 9.53 Å². The van der Waals surface area contributed by atoms with E-state index in [1.54, 1.807) is 0 Å². The molecule has 0 radical (unpaired) electrons. The first-order chi connectivity index (χ1) is 9.11. The van der Waals surface area contributed by atoms with Crippen molar-refractivity contribution in [1.29, 1.82) is 0 Å². The summed E-state index contributed by atoms with van der Waals surface area (Å²) in [6.45, 7) is 5.24. The van der Waals surface area contributed by atoms with Gasteiger partial charge < -0.3 is 15.8 Å². The fourth-order valence-electron chi connectivity index (χ4n) is 2.21. The van der Waals surface area contributed by atoms with Crippen LogP contribution in [0.15, 0.2) is 24.3 Å². The standard InChI is InChI=1S/C15H22N2O2/c1-3-10(2)11-4-6-12(7-5-11)17-15(18)13-8-19-9-14(13)16/h4-7,10,13-14H,3,8-9,16H2,1-2H3,(H,17,18). The third-order valence-electron chi connectivity index (χ3n) is 3.82. The van der Waals surface area contributed by atoms with E-state index in [-0.39, 0.29) is 17.9 Å². The zero-order valence-electron chi connectivity index (χ0n) is 11.6. The summed E-state index contributed by atoms with van der Waals surface area (Å²) in [5.41, 5.74) is 7.94. The number of anilines is 1. The summed E-state index contributed by atoms with van der Waals surface area (Å²) in [6, 6.07) is 7.82. The van der Waals surface area contributed by atoms with Crippen LogP contribution in [0.2, 0.25) is 0 Å². The summed E-state index contributed by atoms with van der Waals surface area (Å²) in [4.78, 5) is 12.0. The lowest BCUT2D eigenvalue weighted by Crippen LogP contribution is -2.37. The minimum atomic E-state index is -0.241. The van der Waals surface area contributed by atoms with Crippen molar-refractivity contribution in [3.8, 4) is 0 Å². The van der Waals surface area contributed by atoms with Gasteiger partial charge in [0, 0.05) is 11.7 Å². The Morgan fingerprint density at radius 1 is 1.42 bits per heavy atom. The molecule has 4 heteroatoms. The van der Waals surface area contributed by atoms with Crippen LogP contribution in [0.4, 0.5) is 5.69 Å². The maximum absolute atomic E-state index is 12.0. The number of hydrogen-bond donors (Lipinski definition) is 2. The molecule has 0 bridgehead atoms. The Kier molecular flexibility index (Phi) is 4.56. The van der Waals surface area contributed by atoms with E-state index in [4.69, 9.17) is 10.5 Å². The lowest BCUT2D eigenvalue weighted by atomic mass is 9.98. The van der Waals surface area contributed by atoms with Gasteiger partial charge in [0.25, 0.3) is 0 Å². The van der Waals surface area contributed by atoms with E-state index in [1.807, 2.05) is 12.1 Å². The van der Waals surface area contributed by atoms with Crippen molar-refractivity contribution in [1.82, 2.24) is 0 Å². The monoisotopic (exact) mass is 262 g/mol. The highest BCUT2D eigenvalue weighted by atomic mass is 16.5. The predicted octanol–water partition coefficient (Wildman–Crippen LogP) is 2.11. The Morgan fingerprint density at radius 2 is 2.11 bits per heavy atom. The summed E-state index contributed by atoms with van der Waals surface area (Å²) in [5, 5.41) is 2.90. The zero-order valence-corrected chi connectivity index (χ0v) is 11.6. The minimum Gasteiger partial charge on any atom is -0.379 e. The van der Waals surface area contributed by atoms with Gasteiger partial charge in [-0.15, -0.1) is 0 Å². The Morgan fingerprint density at radius 3 is 2.63 bits per heavy atom. The number of carbonyl (C=O) groups excluding carboxylic acids is 1. The van der Waals surface area contributed by atoms with Gasteiger partial charge >= 0.3 is 0 Å². The van der Waals surface area contributed by atoms with Crippen LogP contribution in [0.25, 0.3) is 0 Å². The summed E-state index contributed by atoms with van der Waals surface area (Å²) in [6.07, 6.45) is 1.11. The molecule has 1 fully saturated rings. The molecule has 3 N–H and O–H groups in total. The molecule has 0 spiro atoms. The summed E-state index contributed by atoms with van der Waals surface area (Å²) < 4.78 is 5.21. The molecule has 4 nitrogen and oxygen atoms in total. The Bertz CT molecular complexity index is 430. The molecule has 3 unspecified atom stereocenters. The quantitative estimate of drug-likeness (QED) is 0.873. The van der Waals surface area contributed by atoms with Gasteiger partial charge in [0.2, 0.25) is 5.91 Å². The molecule has 1 amide bonds. The van der Waals surface area contributed by atoms with Crippen molar-refractivity contribution >= 4 is 11.6 Å². The van der Waals surface area contributed by atoms with Crippen LogP contribution in [0.3, 0.4) is 0 Å². The van der Waals surface area contributed by atoms with E-state index >= 15 is 0 Å². The normalized spacial score (nSPS) is 24.2. The number of ether oxygens (including phenoxy) is 1. The van der Waals surface area contributed by atoms with E-state index in [9.17, 15) is 4.79 Å². The number of rotatable bonds is 4. The van der Waals surface area contributed by atoms with E-state index < -0.39 is 0 Å². The SMILES string of the molecule is CCC(C)c1ccc(NC(=O)C2COCC2N)cc1. The Balaban J connectivity index is 1.97. The summed E-state index contributed by atoms with van der Waals surface area (Å²) >= 11 is 0. The zero-order chi connectivity index (χ0) is 13.8. The molecule has 0 aromatic heterocycles. The predicted molar refractivity (Wildman–Crippen MR) is 76.1 cm³/mol. The second-order valence-corrected chi connectivity index (χ2v) is 5.23. The van der Waals surface area contributed by atoms with Crippen molar-refractivity contribution in [2.45, 2.75) is 32.2 Å². The number of hydrogen-bond acceptors (Lipinski definition) is 3. The number of amides is 1. The molecule has 1 aliphatic rings. The van der Waals surface area contributed by atoms with Gasteiger partial charge in [-0.05, 0) is 30.0 Å². The molecule has 1 heterocycles. The highest BCUT2D eigenvalue weighted by Crippen LogP contribution is 2.21. The first-order valence-corrected chi connectivity index (χ1v) is 6.86. The topological polar surface area (TPSA) is 64.3 Å². The molecular weight excluding hydrogens is 240 g/mol. The molecule has 1 aromatic carbocycles. The molecular formula is C15H22N2O2. The van der Waals surface area contributed by atoms with Crippen molar-refractivity contribution < 1.29 is 9.53 Å². The molecule has 104 valence electrons. The van der Waals surface area contributed by atoms with Crippen molar-refractivity contribution in [2.24, 2.45) is 11.7 Å². The number of nitrogens with two attached hydrogens (primary N) is 1. The fraction of sp³-hybridized carbons (Fsp3) is 0.533. The lowest BCUT2D eigenvalue weighted by molar-refractivity contribution is -0.120. The molecule has 1 aliphatic heterocycles. The number of carbonyl (C=O) groups is 1. The average molecular weight is 262 g/mol. The summed E-state index contributed by atoms with van der Waals surface area (Å²) in [7, 11) is 0. The first kappa shape index (κ1) is 14.0. The van der Waals surface area contributed by atoms with Crippen LogP contribution >= 0.6 is 0 Å². The van der Waals surface area contributed by atoms with Gasteiger partial charge in [-0.2, -0.15) is 0 Å². The van der Waals surface area contributed by atoms with Gasteiger partial charge in [0.1, 0.15) is 0 Å². The molecule has 2 rings (SSSR count). The van der Waals surface area contributed by atoms with E-state index in [2.05, 4.69) is 31.3 Å². The lowest BCUT2D eigenvalue weighted by Gasteiger charge is -2.14. The highest BCUT2D eigenvalue weighted by molar-refractivity contribution is 5.93. The Hall–Kier alpha value is -1.39. The van der Waals surface area contributed by atoms with Crippen LogP contribution < -0.4 is 11.1 Å². The second kappa shape index (κ2) is 6.17. The number of benzene rings is 1. The molecule has 0 aliphatic carbocycles. The van der Waals surface area contributed by atoms with Crippen molar-refractivity contribution in [3.63, 3.8) is 0 Å². The van der Waals surface area contributed by atoms with Gasteiger partial charge in [-0.1, -0.05) is 26.0 Å². The average Bonchev–Trinajstić information content (AvgIpc) is 2.85. The smallest absolute Gasteiger partial charge is 0.231 e. The Labute approximate surface area is 114 Å². The van der Waals surface area contributed by atoms with E-state index in [0.29, 0.717) is 19.1 Å². The maximum atomic E-state index is 12.0. The van der Waals surface area contributed by atoms with Crippen LogP contribution in [0.1, 0.15) is 31.7 Å². The summed E-state index contributed by atoms with van der Waals surface area (Å²) in [5.74, 6) is 0.247. The first-order valence-electron chi connectivity index (χ1n) is 6.86. The van der Waals surface area contributed by atoms with Gasteiger partial charge in [0.15, 0.2) is 0 Å². The third-order valence-corrected chi connectivity index (χ3v) is 3.82. The van der Waals surface area contributed by atoms with Crippen molar-refractivity contribution in [3.05, 3.63) is 29.8 Å². The molecule has 3 atom stereocenters. The second-order valence-electron chi connectivity index (χ2n) is 5.23. The van der Waals surface area contributed by atoms with Crippen LogP contribution in [-0.4, -0.2) is 25.2 Å². The van der Waals surface area contributed by atoms with Gasteiger partial charge in [0.05, 0.1) is 19.1 Å². The molecule has 19 heavy (non-hydrogen) atoms. The van der Waals surface area contributed by atoms with Gasteiger partial charge in [-0.3, -0.25) is 4.79 Å². The van der Waals surface area contributed by atoms with E-state index in [1.165, 1.54) is 5.56 Å². The molecule has 0 saturated carbocycles. The highest BCUT2D eigenvalue weighted by Gasteiger charge is 2.31.